The molecule has 0 aliphatic carbocycles. The number of nitrogens with zero attached hydrogens (tertiary/aromatic N) is 2. The Hall–Kier alpha value is -3.09. The van der Waals surface area contributed by atoms with Crippen molar-refractivity contribution in [3.8, 4) is 11.5 Å². The van der Waals surface area contributed by atoms with Gasteiger partial charge in [0.15, 0.2) is 17.1 Å². The summed E-state index contributed by atoms with van der Waals surface area (Å²) in [5, 5.41) is 10.7. The zero-order chi connectivity index (χ0) is 18.5. The monoisotopic (exact) mass is 354 g/mol. The third-order valence-electron chi connectivity index (χ3n) is 4.04. The number of unbranched alkanes of at least 4 members (excludes halogenated alkanes) is 1. The molecule has 136 valence electrons. The molecule has 0 saturated heterocycles. The van der Waals surface area contributed by atoms with Gasteiger partial charge in [0.05, 0.1) is 25.6 Å². The summed E-state index contributed by atoms with van der Waals surface area (Å²) in [4.78, 5) is 16.8. The highest BCUT2D eigenvalue weighted by atomic mass is 16.5. The van der Waals surface area contributed by atoms with Crippen molar-refractivity contribution >= 4 is 22.6 Å². The number of methoxy groups -OCH3 is 1. The molecule has 0 unspecified atom stereocenters. The van der Waals surface area contributed by atoms with Gasteiger partial charge in [-0.25, -0.2) is 4.98 Å². The summed E-state index contributed by atoms with van der Waals surface area (Å²) in [6, 6.07) is 6.99. The van der Waals surface area contributed by atoms with E-state index in [0.717, 1.165) is 23.9 Å². The zero-order valence-corrected chi connectivity index (χ0v) is 15.1. The van der Waals surface area contributed by atoms with Crippen molar-refractivity contribution in [3.05, 3.63) is 41.7 Å². The molecule has 0 bridgehead atoms. The van der Waals surface area contributed by atoms with E-state index in [0.29, 0.717) is 35.0 Å². The molecule has 7 nitrogen and oxygen atoms in total. The first-order valence-electron chi connectivity index (χ1n) is 8.55. The predicted molar refractivity (Wildman–Crippen MR) is 100.0 cm³/mol. The van der Waals surface area contributed by atoms with Crippen molar-refractivity contribution in [1.29, 1.82) is 0 Å². The maximum absolute atomic E-state index is 12.6. The lowest BCUT2D eigenvalue weighted by Crippen LogP contribution is -2.12. The van der Waals surface area contributed by atoms with Crippen LogP contribution in [0.15, 0.2) is 30.5 Å². The molecular formula is C19H22N4O3. The average Bonchev–Trinajstić information content (AvgIpc) is 3.02. The number of carbonyl (C=O) groups is 1. The van der Waals surface area contributed by atoms with Crippen LogP contribution in [0.1, 0.15) is 35.8 Å². The normalized spacial score (nSPS) is 10.7. The molecule has 0 atom stereocenters. The second kappa shape index (κ2) is 7.86. The number of carbonyl (C=O) groups excluding carboxylic acids is 1. The summed E-state index contributed by atoms with van der Waals surface area (Å²) in [6.45, 7) is 4.63. The Morgan fingerprint density at radius 2 is 2.12 bits per heavy atom. The van der Waals surface area contributed by atoms with Crippen LogP contribution < -0.4 is 14.8 Å². The van der Waals surface area contributed by atoms with Gasteiger partial charge in [-0.1, -0.05) is 13.3 Å². The smallest absolute Gasteiger partial charge is 0.255 e. The van der Waals surface area contributed by atoms with E-state index < -0.39 is 0 Å². The zero-order valence-electron chi connectivity index (χ0n) is 15.1. The van der Waals surface area contributed by atoms with E-state index in [1.54, 1.807) is 31.5 Å². The van der Waals surface area contributed by atoms with Gasteiger partial charge in [-0.05, 0) is 37.6 Å². The minimum Gasteiger partial charge on any atom is -0.493 e. The summed E-state index contributed by atoms with van der Waals surface area (Å²) in [5.41, 5.74) is 2.61. The number of anilines is 1. The minimum atomic E-state index is -0.245. The third kappa shape index (κ3) is 3.77. The molecule has 0 spiro atoms. The molecule has 1 aromatic carbocycles. The van der Waals surface area contributed by atoms with E-state index in [4.69, 9.17) is 9.47 Å². The molecule has 0 aliphatic rings. The Morgan fingerprint density at radius 3 is 2.88 bits per heavy atom. The van der Waals surface area contributed by atoms with Crippen LogP contribution in [-0.4, -0.2) is 34.8 Å². The number of nitrogens with one attached hydrogen (secondary N) is 2. The number of rotatable bonds is 7. The maximum Gasteiger partial charge on any atom is 0.255 e. The molecule has 7 heteroatoms. The van der Waals surface area contributed by atoms with Crippen LogP contribution in [0.2, 0.25) is 0 Å². The summed E-state index contributed by atoms with van der Waals surface area (Å²) < 4.78 is 11.0. The van der Waals surface area contributed by atoms with Gasteiger partial charge in [0.1, 0.15) is 0 Å². The first kappa shape index (κ1) is 17.7. The van der Waals surface area contributed by atoms with Crippen molar-refractivity contribution in [2.45, 2.75) is 26.7 Å². The maximum atomic E-state index is 12.6. The Balaban J connectivity index is 1.76. The summed E-state index contributed by atoms with van der Waals surface area (Å²) in [7, 11) is 1.56. The number of aromatic nitrogens is 3. The third-order valence-corrected chi connectivity index (χ3v) is 4.04. The fourth-order valence-corrected chi connectivity index (χ4v) is 2.55. The standard InChI is InChI=1S/C19H22N4O3/c1-4-5-8-26-16-7-6-13(9-17(16)25-3)19(24)21-14-10-15-12(2)22-23-18(15)20-11-14/h6-7,9-11H,4-5,8H2,1-3H3,(H,21,24)(H,20,22,23). The SMILES string of the molecule is CCCCOc1ccc(C(=O)Nc2cnc3n[nH]c(C)c3c2)cc1OC. The Morgan fingerprint density at radius 1 is 1.27 bits per heavy atom. The molecule has 2 heterocycles. The van der Waals surface area contributed by atoms with E-state index >= 15 is 0 Å². The summed E-state index contributed by atoms with van der Waals surface area (Å²) in [6.07, 6.45) is 3.60. The van der Waals surface area contributed by atoms with Gasteiger partial charge in [-0.3, -0.25) is 9.89 Å². The molecule has 0 aliphatic heterocycles. The summed E-state index contributed by atoms with van der Waals surface area (Å²) >= 11 is 0. The van der Waals surface area contributed by atoms with Crippen LogP contribution >= 0.6 is 0 Å². The number of ether oxygens (including phenoxy) is 2. The number of aryl methyl sites for hydroxylation is 1. The van der Waals surface area contributed by atoms with E-state index in [1.165, 1.54) is 0 Å². The first-order chi connectivity index (χ1) is 12.6. The fraction of sp³-hybridized carbons (Fsp3) is 0.316. The van der Waals surface area contributed by atoms with Crippen molar-refractivity contribution < 1.29 is 14.3 Å². The number of H-pyrrole nitrogens is 1. The van der Waals surface area contributed by atoms with Crippen LogP contribution in [0, 0.1) is 6.92 Å². The molecule has 26 heavy (non-hydrogen) atoms. The van der Waals surface area contributed by atoms with E-state index in [-0.39, 0.29) is 5.91 Å². The number of hydrogen-bond acceptors (Lipinski definition) is 5. The topological polar surface area (TPSA) is 89.1 Å². The molecule has 1 amide bonds. The molecule has 3 rings (SSSR count). The predicted octanol–water partition coefficient (Wildman–Crippen LogP) is 3.71. The number of amides is 1. The van der Waals surface area contributed by atoms with Gasteiger partial charge in [0, 0.05) is 16.6 Å². The quantitative estimate of drug-likeness (QED) is 0.632. The largest absolute Gasteiger partial charge is 0.493 e. The average molecular weight is 354 g/mol. The number of pyridine rings is 1. The van der Waals surface area contributed by atoms with Crippen LogP contribution in [0.5, 0.6) is 11.5 Å². The molecule has 2 aromatic heterocycles. The van der Waals surface area contributed by atoms with Gasteiger partial charge >= 0.3 is 0 Å². The lowest BCUT2D eigenvalue weighted by atomic mass is 10.1. The number of fused-ring (bicyclic) bond motifs is 1. The molecule has 3 aromatic rings. The molecule has 0 radical (unpaired) electrons. The Kier molecular flexibility index (Phi) is 5.36. The van der Waals surface area contributed by atoms with Gasteiger partial charge < -0.3 is 14.8 Å². The van der Waals surface area contributed by atoms with Crippen LogP contribution in [0.4, 0.5) is 5.69 Å². The van der Waals surface area contributed by atoms with Gasteiger partial charge in [-0.15, -0.1) is 0 Å². The van der Waals surface area contributed by atoms with E-state index in [2.05, 4.69) is 27.4 Å². The van der Waals surface area contributed by atoms with Gasteiger partial charge in [0.2, 0.25) is 0 Å². The lowest BCUT2D eigenvalue weighted by molar-refractivity contribution is 0.102. The molecule has 2 N–H and O–H groups in total. The number of aromatic amines is 1. The fourth-order valence-electron chi connectivity index (χ4n) is 2.55. The lowest BCUT2D eigenvalue weighted by Gasteiger charge is -2.12. The Bertz CT molecular complexity index is 920. The van der Waals surface area contributed by atoms with Crippen molar-refractivity contribution in [2.75, 3.05) is 19.0 Å². The van der Waals surface area contributed by atoms with Crippen molar-refractivity contribution in [2.24, 2.45) is 0 Å². The van der Waals surface area contributed by atoms with E-state index in [9.17, 15) is 4.79 Å². The van der Waals surface area contributed by atoms with Crippen LogP contribution in [0.3, 0.4) is 0 Å². The van der Waals surface area contributed by atoms with Crippen molar-refractivity contribution in [3.63, 3.8) is 0 Å². The second-order valence-electron chi connectivity index (χ2n) is 5.97. The van der Waals surface area contributed by atoms with E-state index in [1.807, 2.05) is 13.0 Å². The number of hydrogen-bond donors (Lipinski definition) is 2. The van der Waals surface area contributed by atoms with Crippen molar-refractivity contribution in [1.82, 2.24) is 15.2 Å². The highest BCUT2D eigenvalue weighted by Crippen LogP contribution is 2.29. The second-order valence-corrected chi connectivity index (χ2v) is 5.97. The van der Waals surface area contributed by atoms with Crippen LogP contribution in [0.25, 0.3) is 11.0 Å². The molecule has 0 fully saturated rings. The Labute approximate surface area is 151 Å². The first-order valence-corrected chi connectivity index (χ1v) is 8.55. The molecule has 0 saturated carbocycles. The minimum absolute atomic E-state index is 0.245. The number of benzene rings is 1. The van der Waals surface area contributed by atoms with Crippen LogP contribution in [-0.2, 0) is 0 Å². The summed E-state index contributed by atoms with van der Waals surface area (Å²) in [5.74, 6) is 0.924. The molecular weight excluding hydrogens is 332 g/mol. The van der Waals surface area contributed by atoms with Gasteiger partial charge in [0.25, 0.3) is 5.91 Å². The highest BCUT2D eigenvalue weighted by molar-refractivity contribution is 6.05. The van der Waals surface area contributed by atoms with Gasteiger partial charge in [-0.2, -0.15) is 5.10 Å². The highest BCUT2D eigenvalue weighted by Gasteiger charge is 2.13.